The average molecular weight is 665 g/mol. The number of nitrogens with zero attached hydrogens (tertiary/aromatic N) is 1. The number of nitrogens with two attached hydrogens (primary N) is 1. The molecule has 0 amide bonds. The van der Waals surface area contributed by atoms with Crippen molar-refractivity contribution in [3.63, 3.8) is 0 Å². The van der Waals surface area contributed by atoms with Crippen LogP contribution in [0.3, 0.4) is 0 Å². The molecule has 0 heterocycles. The molecular weight excluding hydrogens is 642 g/mol. The molecule has 0 unspecified atom stereocenters. The number of carbonyl (C=O) groups is 2. The van der Waals surface area contributed by atoms with Crippen molar-refractivity contribution >= 4 is 65.1 Å². The van der Waals surface area contributed by atoms with E-state index >= 15 is 0 Å². The van der Waals surface area contributed by atoms with E-state index in [0.29, 0.717) is 16.5 Å². The fraction of sp³-hybridized carbons (Fsp3) is 0.154. The van der Waals surface area contributed by atoms with Crippen LogP contribution in [-0.4, -0.2) is 57.0 Å². The number of hydrogen-bond donors (Lipinski definition) is 1. The SMILES string of the molecule is COC(=O)Cc1ccc(S(=O)(=O)[O-])c2c(N)cccc12.COC(=O)Cc1ccc(S(=O)(=O)[O-])c2c([N+](=O)[O-])cccc12.[Na+].[Na+]. The molecule has 222 valence electrons. The molecule has 0 aliphatic carbocycles. The van der Waals surface area contributed by atoms with Crippen LogP contribution in [0.1, 0.15) is 11.1 Å². The zero-order chi connectivity index (χ0) is 31.4. The summed E-state index contributed by atoms with van der Waals surface area (Å²) < 4.78 is 77.0. The zero-order valence-electron chi connectivity index (χ0n) is 23.9. The number of nitro benzene ring substituents is 1. The summed E-state index contributed by atoms with van der Waals surface area (Å²) in [6.45, 7) is 0. The number of methoxy groups -OCH3 is 2. The van der Waals surface area contributed by atoms with Crippen LogP contribution < -0.4 is 64.8 Å². The van der Waals surface area contributed by atoms with Crippen LogP contribution in [0.25, 0.3) is 21.5 Å². The summed E-state index contributed by atoms with van der Waals surface area (Å²) in [4.78, 5) is 32.0. The van der Waals surface area contributed by atoms with Gasteiger partial charge in [-0.25, -0.2) is 16.8 Å². The first-order valence-electron chi connectivity index (χ1n) is 11.6. The Balaban J connectivity index is 0.000000422. The van der Waals surface area contributed by atoms with Gasteiger partial charge in [0.15, 0.2) is 0 Å². The number of ether oxygens (including phenoxy) is 2. The van der Waals surface area contributed by atoms with Crippen molar-refractivity contribution in [3.05, 3.63) is 81.9 Å². The van der Waals surface area contributed by atoms with E-state index in [1.807, 2.05) is 0 Å². The van der Waals surface area contributed by atoms with Crippen LogP contribution in [-0.2, 0) is 52.1 Å². The Morgan fingerprint density at radius 1 is 0.727 bits per heavy atom. The molecule has 0 radical (unpaired) electrons. The van der Waals surface area contributed by atoms with Crippen LogP contribution >= 0.6 is 0 Å². The van der Waals surface area contributed by atoms with Gasteiger partial charge in [-0.3, -0.25) is 19.7 Å². The van der Waals surface area contributed by atoms with Gasteiger partial charge in [0.2, 0.25) is 0 Å². The topological polar surface area (TPSA) is 236 Å². The third-order valence-electron chi connectivity index (χ3n) is 6.06. The van der Waals surface area contributed by atoms with Crippen LogP contribution in [0, 0.1) is 10.1 Å². The largest absolute Gasteiger partial charge is 1.00 e. The van der Waals surface area contributed by atoms with E-state index in [2.05, 4.69) is 9.47 Å². The van der Waals surface area contributed by atoms with Gasteiger partial charge in [0.05, 0.1) is 47.2 Å². The number of fused-ring (bicyclic) bond motifs is 2. The zero-order valence-corrected chi connectivity index (χ0v) is 29.6. The molecule has 4 aromatic rings. The van der Waals surface area contributed by atoms with E-state index in [1.165, 1.54) is 50.6 Å². The van der Waals surface area contributed by atoms with Crippen LogP contribution in [0.15, 0.2) is 70.5 Å². The van der Waals surface area contributed by atoms with Gasteiger partial charge in [0.1, 0.15) is 20.2 Å². The van der Waals surface area contributed by atoms with E-state index < -0.39 is 47.7 Å². The van der Waals surface area contributed by atoms with Crippen molar-refractivity contribution in [2.45, 2.75) is 22.6 Å². The van der Waals surface area contributed by atoms with Crippen LogP contribution in [0.4, 0.5) is 11.4 Å². The van der Waals surface area contributed by atoms with Gasteiger partial charge >= 0.3 is 71.1 Å². The molecule has 0 aliphatic heterocycles. The Morgan fingerprint density at radius 2 is 1.14 bits per heavy atom. The molecule has 18 heteroatoms. The summed E-state index contributed by atoms with van der Waals surface area (Å²) in [5.41, 5.74) is 6.30. The number of rotatable bonds is 7. The first kappa shape index (κ1) is 39.4. The van der Waals surface area contributed by atoms with Crippen molar-refractivity contribution in [1.29, 1.82) is 0 Å². The maximum absolute atomic E-state index is 11.4. The molecule has 4 aromatic carbocycles. The number of benzene rings is 4. The Labute approximate surface area is 296 Å². The van der Waals surface area contributed by atoms with Crippen molar-refractivity contribution < 1.29 is 109 Å². The standard InChI is InChI=1S/C13H11NO7S.C13H13NO5S.2Na/c1-21-12(15)7-8-5-6-11(22(18,19)20)13-9(8)3-2-4-10(13)14(16)17;1-19-12(15)7-8-5-6-11(20(16,17)18)13-9(8)3-2-4-10(13)14;;/h2-6H,7H2,1H3,(H,18,19,20);2-6H,7,14H2,1H3,(H,16,17,18);;/q;;2*+1/p-2. The predicted octanol–water partition coefficient (Wildman–Crippen LogP) is -3.58. The van der Waals surface area contributed by atoms with Gasteiger partial charge < -0.3 is 24.3 Å². The van der Waals surface area contributed by atoms with Crippen molar-refractivity contribution in [1.82, 2.24) is 0 Å². The summed E-state index contributed by atoms with van der Waals surface area (Å²) in [7, 11) is -7.11. The number of anilines is 1. The van der Waals surface area contributed by atoms with Gasteiger partial charge in [-0.1, -0.05) is 36.4 Å². The first-order chi connectivity index (χ1) is 19.6. The monoisotopic (exact) mass is 664 g/mol. The maximum Gasteiger partial charge on any atom is 1.00 e. The second-order valence-corrected chi connectivity index (χ2v) is 11.3. The van der Waals surface area contributed by atoms with Crippen molar-refractivity contribution in [3.8, 4) is 0 Å². The molecule has 2 N–H and O–H groups in total. The summed E-state index contributed by atoms with van der Waals surface area (Å²) in [6.07, 6.45) is -0.233. The molecule has 0 spiro atoms. The van der Waals surface area contributed by atoms with Crippen LogP contribution in [0.5, 0.6) is 0 Å². The number of nitro groups is 1. The molecule has 44 heavy (non-hydrogen) atoms. The minimum Gasteiger partial charge on any atom is -0.744 e. The first-order valence-corrected chi connectivity index (χ1v) is 14.5. The second kappa shape index (κ2) is 16.1. The van der Waals surface area contributed by atoms with E-state index in [4.69, 9.17) is 5.73 Å². The number of carbonyl (C=O) groups excluding carboxylic acids is 2. The molecule has 0 aromatic heterocycles. The minimum absolute atomic E-state index is 0. The van der Waals surface area contributed by atoms with Crippen LogP contribution in [0.2, 0.25) is 0 Å². The number of non-ortho nitro benzene ring substituents is 1. The molecule has 0 saturated heterocycles. The maximum atomic E-state index is 11.4. The third-order valence-corrected chi connectivity index (χ3v) is 7.81. The van der Waals surface area contributed by atoms with Crippen molar-refractivity contribution in [2.75, 3.05) is 20.0 Å². The van der Waals surface area contributed by atoms with Gasteiger partial charge in [-0.05, 0) is 40.1 Å². The summed E-state index contributed by atoms with van der Waals surface area (Å²) in [5.74, 6) is -1.06. The Bertz CT molecular complexity index is 1950. The molecule has 4 rings (SSSR count). The average Bonchev–Trinajstić information content (AvgIpc) is 2.92. The number of hydrogen-bond acceptors (Lipinski definition) is 13. The Hall–Kier alpha value is -2.64. The fourth-order valence-corrected chi connectivity index (χ4v) is 5.62. The van der Waals surface area contributed by atoms with Gasteiger partial charge in [-0.2, -0.15) is 0 Å². The Morgan fingerprint density at radius 3 is 1.55 bits per heavy atom. The molecule has 0 saturated carbocycles. The normalized spacial score (nSPS) is 10.9. The van der Waals surface area contributed by atoms with E-state index in [1.54, 1.807) is 12.1 Å². The second-order valence-electron chi connectivity index (χ2n) is 8.59. The van der Waals surface area contributed by atoms with Gasteiger partial charge in [0.25, 0.3) is 5.69 Å². The quantitative estimate of drug-likeness (QED) is 0.0503. The van der Waals surface area contributed by atoms with E-state index in [9.17, 15) is 45.6 Å². The van der Waals surface area contributed by atoms with E-state index in [-0.39, 0.29) is 98.7 Å². The third kappa shape index (κ3) is 9.20. The van der Waals surface area contributed by atoms with Crippen molar-refractivity contribution in [2.24, 2.45) is 0 Å². The predicted molar refractivity (Wildman–Crippen MR) is 146 cm³/mol. The summed E-state index contributed by atoms with van der Waals surface area (Å²) in [5, 5.41) is 11.5. The molecule has 0 fully saturated rings. The molecule has 0 atom stereocenters. The molecule has 14 nitrogen and oxygen atoms in total. The van der Waals surface area contributed by atoms with Gasteiger partial charge in [0, 0.05) is 17.1 Å². The number of esters is 2. The minimum atomic E-state index is -4.91. The van der Waals surface area contributed by atoms with Gasteiger partial charge in [-0.15, -0.1) is 0 Å². The molecule has 0 aliphatic rings. The molecular formula is C26H22N2Na2O12S2. The summed E-state index contributed by atoms with van der Waals surface area (Å²) in [6, 6.07) is 13.4. The summed E-state index contributed by atoms with van der Waals surface area (Å²) >= 11 is 0. The fourth-order valence-electron chi connectivity index (χ4n) is 4.21. The number of nitrogen functional groups attached to an aromatic ring is 1. The Kier molecular flexibility index (Phi) is 14.4. The smallest absolute Gasteiger partial charge is 0.744 e. The van der Waals surface area contributed by atoms with E-state index in [0.717, 1.165) is 12.1 Å². The molecule has 0 bridgehead atoms.